The Bertz CT molecular complexity index is 243. The van der Waals surface area contributed by atoms with Gasteiger partial charge in [-0.2, -0.15) is 0 Å². The quantitative estimate of drug-likeness (QED) is 0.305. The molecule has 0 saturated carbocycles. The Labute approximate surface area is 158 Å². The van der Waals surface area contributed by atoms with Crippen molar-refractivity contribution < 1.29 is 45.0 Å². The summed E-state index contributed by atoms with van der Waals surface area (Å²) in [4.78, 5) is 28.2. The first kappa shape index (κ1) is 28.1. The van der Waals surface area contributed by atoms with Gasteiger partial charge in [-0.15, -0.1) is 0 Å². The number of aliphatic carboxylic acids is 3. The summed E-state index contributed by atoms with van der Waals surface area (Å²) in [5, 5.41) is 46.8. The predicted octanol–water partition coefficient (Wildman–Crippen LogP) is -1.90. The van der Waals surface area contributed by atoms with Gasteiger partial charge in [-0.1, -0.05) is 19.8 Å². The monoisotopic (exact) mass is 324 g/mol. The summed E-state index contributed by atoms with van der Waals surface area (Å²) >= 11 is 0. The van der Waals surface area contributed by atoms with Gasteiger partial charge >= 0.3 is 69.3 Å². The van der Waals surface area contributed by atoms with Crippen molar-refractivity contribution in [3.63, 3.8) is 0 Å². The summed E-state index contributed by atoms with van der Waals surface area (Å²) in [5.41, 5.74) is 0. The van der Waals surface area contributed by atoms with Crippen LogP contribution in [0.2, 0.25) is 0 Å². The average molecular weight is 324 g/mol. The zero-order chi connectivity index (χ0) is 15.8. The standard InChI is InChI=1S/C6H12O3.2C2H4O3.K.H/c1-2-3-4-5(7)6(8)9;2*3-1-2(4)5;;/h5,7H,2-4H2,1H3,(H,8,9);2*3H,1H2,(H,4,5);;. The first-order valence-electron chi connectivity index (χ1n) is 5.28. The van der Waals surface area contributed by atoms with E-state index in [1.165, 1.54) is 0 Å². The van der Waals surface area contributed by atoms with E-state index in [-0.39, 0.29) is 51.4 Å². The Morgan fingerprint density at radius 1 is 0.950 bits per heavy atom. The molecule has 0 radical (unpaired) electrons. The van der Waals surface area contributed by atoms with Crippen LogP contribution in [0.4, 0.5) is 0 Å². The third kappa shape index (κ3) is 36.1. The molecule has 0 aromatic carbocycles. The zero-order valence-corrected chi connectivity index (χ0v) is 10.5. The van der Waals surface area contributed by atoms with Crippen molar-refractivity contribution >= 4 is 69.3 Å². The van der Waals surface area contributed by atoms with Crippen molar-refractivity contribution in [1.82, 2.24) is 0 Å². The van der Waals surface area contributed by atoms with E-state index >= 15 is 0 Å². The van der Waals surface area contributed by atoms with Crippen LogP contribution < -0.4 is 0 Å². The normalized spacial score (nSPS) is 9.60. The van der Waals surface area contributed by atoms with Crippen LogP contribution in [0.3, 0.4) is 0 Å². The van der Waals surface area contributed by atoms with E-state index in [0.717, 1.165) is 12.8 Å². The van der Waals surface area contributed by atoms with E-state index in [1.807, 2.05) is 6.92 Å². The van der Waals surface area contributed by atoms with E-state index in [1.54, 1.807) is 0 Å². The minimum atomic E-state index is -1.19. The van der Waals surface area contributed by atoms with Crippen LogP contribution in [0, 0.1) is 0 Å². The van der Waals surface area contributed by atoms with Crippen LogP contribution >= 0.6 is 0 Å². The molecular formula is C10H21KO9. The maximum atomic E-state index is 9.96. The topological polar surface area (TPSA) is 173 Å². The molecule has 10 heteroatoms. The fraction of sp³-hybridized carbons (Fsp3) is 0.700. The second-order valence-electron chi connectivity index (χ2n) is 3.10. The summed E-state index contributed by atoms with van der Waals surface area (Å²) in [5.74, 6) is -3.50. The second-order valence-corrected chi connectivity index (χ2v) is 3.10. The van der Waals surface area contributed by atoms with E-state index < -0.39 is 37.2 Å². The van der Waals surface area contributed by atoms with Crippen molar-refractivity contribution in [2.45, 2.75) is 32.3 Å². The molecular weight excluding hydrogens is 303 g/mol. The Balaban J connectivity index is -0.000000101. The molecule has 0 amide bonds. The molecule has 0 aliphatic carbocycles. The average Bonchev–Trinajstić information content (AvgIpc) is 2.36. The van der Waals surface area contributed by atoms with E-state index in [9.17, 15) is 4.79 Å². The Morgan fingerprint density at radius 2 is 1.25 bits per heavy atom. The minimum absolute atomic E-state index is 0. The van der Waals surface area contributed by atoms with Crippen molar-refractivity contribution in [2.75, 3.05) is 13.2 Å². The summed E-state index contributed by atoms with van der Waals surface area (Å²) < 4.78 is 0. The van der Waals surface area contributed by atoms with Crippen LogP contribution in [-0.2, 0) is 14.4 Å². The summed E-state index contributed by atoms with van der Waals surface area (Å²) in [7, 11) is 0. The number of carboxylic acid groups (broad SMARTS) is 3. The molecule has 0 heterocycles. The number of carboxylic acids is 3. The maximum absolute atomic E-state index is 9.96. The molecule has 0 spiro atoms. The van der Waals surface area contributed by atoms with E-state index in [4.69, 9.17) is 40.2 Å². The first-order valence-corrected chi connectivity index (χ1v) is 5.28. The fourth-order valence-corrected chi connectivity index (χ4v) is 0.521. The van der Waals surface area contributed by atoms with Crippen LogP contribution in [0.25, 0.3) is 0 Å². The Hall–Kier alpha value is -0.0736. The number of rotatable bonds is 6. The summed E-state index contributed by atoms with van der Waals surface area (Å²) in [6.07, 6.45) is 0.897. The molecule has 0 aromatic rings. The number of hydrogen-bond donors (Lipinski definition) is 6. The molecule has 0 aromatic heterocycles. The predicted molar refractivity (Wildman–Crippen MR) is 69.8 cm³/mol. The third-order valence-electron chi connectivity index (χ3n) is 1.39. The molecule has 0 aliphatic rings. The molecule has 116 valence electrons. The fourth-order valence-electron chi connectivity index (χ4n) is 0.521. The van der Waals surface area contributed by atoms with Gasteiger partial charge in [0.2, 0.25) is 0 Å². The van der Waals surface area contributed by atoms with Crippen LogP contribution in [-0.4, -0.2) is 119 Å². The molecule has 0 bridgehead atoms. The molecule has 0 saturated heterocycles. The van der Waals surface area contributed by atoms with Gasteiger partial charge in [0.25, 0.3) is 0 Å². The van der Waals surface area contributed by atoms with E-state index in [2.05, 4.69) is 0 Å². The van der Waals surface area contributed by atoms with Crippen LogP contribution in [0.5, 0.6) is 0 Å². The molecule has 0 aliphatic heterocycles. The van der Waals surface area contributed by atoms with Gasteiger partial charge in [0, 0.05) is 0 Å². The molecule has 0 fully saturated rings. The molecule has 9 nitrogen and oxygen atoms in total. The van der Waals surface area contributed by atoms with Gasteiger partial charge in [-0.3, -0.25) is 0 Å². The van der Waals surface area contributed by atoms with Gasteiger partial charge < -0.3 is 30.6 Å². The van der Waals surface area contributed by atoms with Crippen molar-refractivity contribution in [3.8, 4) is 0 Å². The Kier molecular flexibility index (Phi) is 29.9. The molecule has 1 unspecified atom stereocenters. The molecule has 1 atom stereocenters. The first-order chi connectivity index (χ1) is 8.72. The van der Waals surface area contributed by atoms with E-state index in [0.29, 0.717) is 6.42 Å². The van der Waals surface area contributed by atoms with Gasteiger partial charge in [0.1, 0.15) is 13.2 Å². The number of hydrogen-bond acceptors (Lipinski definition) is 6. The Morgan fingerprint density at radius 3 is 1.40 bits per heavy atom. The number of unbranched alkanes of at least 4 members (excludes halogenated alkanes) is 1. The van der Waals surface area contributed by atoms with Crippen molar-refractivity contribution in [2.24, 2.45) is 0 Å². The van der Waals surface area contributed by atoms with Gasteiger partial charge in [0.15, 0.2) is 6.10 Å². The molecule has 6 N–H and O–H groups in total. The van der Waals surface area contributed by atoms with Crippen LogP contribution in [0.1, 0.15) is 26.2 Å². The van der Waals surface area contributed by atoms with Gasteiger partial charge in [-0.05, 0) is 6.42 Å². The summed E-state index contributed by atoms with van der Waals surface area (Å²) in [6, 6.07) is 0. The van der Waals surface area contributed by atoms with Crippen molar-refractivity contribution in [3.05, 3.63) is 0 Å². The summed E-state index contributed by atoms with van der Waals surface area (Å²) in [6.45, 7) is 0.397. The number of aliphatic hydroxyl groups is 3. The number of carbonyl (C=O) groups is 3. The SMILES string of the molecule is CCCCC(O)C(=O)O.O=C(O)CO.O=C(O)CO.[KH]. The van der Waals surface area contributed by atoms with Crippen molar-refractivity contribution in [1.29, 1.82) is 0 Å². The van der Waals surface area contributed by atoms with Gasteiger partial charge in [-0.25, -0.2) is 14.4 Å². The molecule has 20 heavy (non-hydrogen) atoms. The molecule has 0 rings (SSSR count). The second kappa shape index (κ2) is 21.2. The zero-order valence-electron chi connectivity index (χ0n) is 10.5. The number of aliphatic hydroxyl groups excluding tert-OH is 3. The third-order valence-corrected chi connectivity index (χ3v) is 1.39. The van der Waals surface area contributed by atoms with Gasteiger partial charge in [0.05, 0.1) is 0 Å². The van der Waals surface area contributed by atoms with Crippen LogP contribution in [0.15, 0.2) is 0 Å².